The molecular weight excluding hydrogens is 238 g/mol. The van der Waals surface area contributed by atoms with Gasteiger partial charge in [-0.2, -0.15) is 0 Å². The van der Waals surface area contributed by atoms with Gasteiger partial charge in [0.1, 0.15) is 0 Å². The second-order valence-electron chi connectivity index (χ2n) is 4.94. The quantitative estimate of drug-likeness (QED) is 0.871. The number of halogens is 1. The number of aliphatic hydroxyl groups is 1. The van der Waals surface area contributed by atoms with Crippen molar-refractivity contribution in [3.8, 4) is 0 Å². The molecule has 17 heavy (non-hydrogen) atoms. The van der Waals surface area contributed by atoms with Crippen LogP contribution in [0.25, 0.3) is 0 Å². The van der Waals surface area contributed by atoms with Crippen LogP contribution in [0.15, 0.2) is 12.4 Å². The van der Waals surface area contributed by atoms with Crippen molar-refractivity contribution < 1.29 is 5.11 Å². The highest BCUT2D eigenvalue weighted by atomic mass is 35.5. The molecule has 94 valence electrons. The van der Waals surface area contributed by atoms with Crippen molar-refractivity contribution in [1.82, 2.24) is 9.97 Å². The van der Waals surface area contributed by atoms with Crippen LogP contribution in [0.3, 0.4) is 0 Å². The van der Waals surface area contributed by atoms with Crippen LogP contribution in [0, 0.1) is 5.92 Å². The maximum absolute atomic E-state index is 9.63. The molecule has 4 nitrogen and oxygen atoms in total. The van der Waals surface area contributed by atoms with E-state index in [-0.39, 0.29) is 12.1 Å². The van der Waals surface area contributed by atoms with Crippen LogP contribution in [-0.2, 0) is 0 Å². The molecule has 1 aliphatic rings. The summed E-state index contributed by atoms with van der Waals surface area (Å²) in [5.41, 5.74) is -0.286. The summed E-state index contributed by atoms with van der Waals surface area (Å²) in [7, 11) is 0. The molecule has 1 heterocycles. The molecule has 0 amide bonds. The van der Waals surface area contributed by atoms with E-state index in [0.29, 0.717) is 11.0 Å². The zero-order valence-corrected chi connectivity index (χ0v) is 10.7. The van der Waals surface area contributed by atoms with Gasteiger partial charge in [0.25, 0.3) is 0 Å². The predicted molar refractivity (Wildman–Crippen MR) is 68.1 cm³/mol. The Morgan fingerprint density at radius 1 is 1.41 bits per heavy atom. The smallest absolute Gasteiger partial charge is 0.171 e. The van der Waals surface area contributed by atoms with Crippen molar-refractivity contribution in [3.05, 3.63) is 17.5 Å². The molecular formula is C12H18ClN3O. The number of nitrogens with one attached hydrogen (secondary N) is 1. The number of aliphatic hydroxyl groups excluding tert-OH is 1. The molecule has 0 saturated heterocycles. The van der Waals surface area contributed by atoms with Crippen molar-refractivity contribution in [3.63, 3.8) is 0 Å². The van der Waals surface area contributed by atoms with E-state index >= 15 is 0 Å². The Kier molecular flexibility index (Phi) is 3.84. The summed E-state index contributed by atoms with van der Waals surface area (Å²) >= 11 is 5.97. The van der Waals surface area contributed by atoms with Crippen LogP contribution < -0.4 is 5.32 Å². The number of hydrogen-bond acceptors (Lipinski definition) is 4. The highest BCUT2D eigenvalue weighted by Gasteiger charge is 2.34. The van der Waals surface area contributed by atoms with Gasteiger partial charge in [0.2, 0.25) is 0 Å². The summed E-state index contributed by atoms with van der Waals surface area (Å²) in [5.74, 6) is 1.30. The van der Waals surface area contributed by atoms with E-state index in [1.165, 1.54) is 0 Å². The van der Waals surface area contributed by atoms with Gasteiger partial charge >= 0.3 is 0 Å². The molecule has 2 rings (SSSR count). The van der Waals surface area contributed by atoms with Crippen molar-refractivity contribution >= 4 is 17.4 Å². The summed E-state index contributed by atoms with van der Waals surface area (Å²) in [4.78, 5) is 8.15. The van der Waals surface area contributed by atoms with Crippen LogP contribution in [0.1, 0.15) is 32.6 Å². The maximum Gasteiger partial charge on any atom is 0.171 e. The summed E-state index contributed by atoms with van der Waals surface area (Å²) in [6, 6.07) is 0. The lowest BCUT2D eigenvalue weighted by molar-refractivity contribution is 0.155. The van der Waals surface area contributed by atoms with Gasteiger partial charge in [-0.05, 0) is 31.6 Å². The zero-order chi connectivity index (χ0) is 12.3. The molecule has 0 bridgehead atoms. The van der Waals surface area contributed by atoms with Gasteiger partial charge in [0.15, 0.2) is 11.0 Å². The third-order valence-electron chi connectivity index (χ3n) is 3.57. The first-order chi connectivity index (χ1) is 8.15. The van der Waals surface area contributed by atoms with Crippen molar-refractivity contribution in [2.75, 3.05) is 11.9 Å². The standard InChI is InChI=1S/C12H18ClN3O/c1-9-2-4-12(8-17,5-3-9)16-11-10(13)14-6-7-15-11/h6-7,9,17H,2-5,8H2,1H3,(H,15,16). The zero-order valence-electron chi connectivity index (χ0n) is 9.99. The van der Waals surface area contributed by atoms with Crippen molar-refractivity contribution in [1.29, 1.82) is 0 Å². The van der Waals surface area contributed by atoms with E-state index in [2.05, 4.69) is 22.2 Å². The fourth-order valence-corrected chi connectivity index (χ4v) is 2.45. The SMILES string of the molecule is CC1CCC(CO)(Nc2nccnc2Cl)CC1. The van der Waals surface area contributed by atoms with E-state index in [1.54, 1.807) is 12.4 Å². The van der Waals surface area contributed by atoms with E-state index in [4.69, 9.17) is 11.6 Å². The molecule has 0 spiro atoms. The molecule has 1 saturated carbocycles. The Morgan fingerprint density at radius 2 is 2.06 bits per heavy atom. The van der Waals surface area contributed by atoms with Gasteiger partial charge in [0, 0.05) is 12.4 Å². The van der Waals surface area contributed by atoms with Gasteiger partial charge in [-0.25, -0.2) is 9.97 Å². The van der Waals surface area contributed by atoms with Crippen LogP contribution >= 0.6 is 11.6 Å². The molecule has 1 aromatic rings. The number of aromatic nitrogens is 2. The van der Waals surface area contributed by atoms with E-state index in [0.717, 1.165) is 31.6 Å². The molecule has 0 atom stereocenters. The predicted octanol–water partition coefficient (Wildman–Crippen LogP) is 2.48. The van der Waals surface area contributed by atoms with Crippen LogP contribution in [-0.4, -0.2) is 27.2 Å². The Balaban J connectivity index is 2.12. The molecule has 2 N–H and O–H groups in total. The number of hydrogen-bond donors (Lipinski definition) is 2. The first kappa shape index (κ1) is 12.6. The minimum absolute atomic E-state index is 0.104. The highest BCUT2D eigenvalue weighted by Crippen LogP contribution is 2.34. The lowest BCUT2D eigenvalue weighted by atomic mass is 9.77. The third kappa shape index (κ3) is 2.87. The van der Waals surface area contributed by atoms with E-state index < -0.39 is 0 Å². The Morgan fingerprint density at radius 3 is 2.65 bits per heavy atom. The highest BCUT2D eigenvalue weighted by molar-refractivity contribution is 6.31. The number of anilines is 1. The van der Waals surface area contributed by atoms with Crippen molar-refractivity contribution in [2.45, 2.75) is 38.1 Å². The minimum Gasteiger partial charge on any atom is -0.394 e. The van der Waals surface area contributed by atoms with Gasteiger partial charge < -0.3 is 10.4 Å². The van der Waals surface area contributed by atoms with Crippen LogP contribution in [0.4, 0.5) is 5.82 Å². The van der Waals surface area contributed by atoms with Crippen LogP contribution in [0.2, 0.25) is 5.15 Å². The second-order valence-corrected chi connectivity index (χ2v) is 5.30. The van der Waals surface area contributed by atoms with Gasteiger partial charge in [-0.1, -0.05) is 18.5 Å². The monoisotopic (exact) mass is 255 g/mol. The van der Waals surface area contributed by atoms with Gasteiger partial charge in [0.05, 0.1) is 12.1 Å². The molecule has 0 aliphatic heterocycles. The Labute approximate surface area is 106 Å². The lowest BCUT2D eigenvalue weighted by Gasteiger charge is -2.39. The molecule has 0 unspecified atom stereocenters. The lowest BCUT2D eigenvalue weighted by Crippen LogP contribution is -2.45. The first-order valence-corrected chi connectivity index (χ1v) is 6.38. The Bertz CT molecular complexity index is 378. The van der Waals surface area contributed by atoms with Crippen molar-refractivity contribution in [2.24, 2.45) is 5.92 Å². The molecule has 1 fully saturated rings. The maximum atomic E-state index is 9.63. The fraction of sp³-hybridized carbons (Fsp3) is 0.667. The second kappa shape index (κ2) is 5.19. The number of rotatable bonds is 3. The largest absolute Gasteiger partial charge is 0.394 e. The normalized spacial score (nSPS) is 29.0. The first-order valence-electron chi connectivity index (χ1n) is 6.01. The summed E-state index contributed by atoms with van der Waals surface area (Å²) in [6.45, 7) is 2.35. The Hall–Kier alpha value is -0.870. The average Bonchev–Trinajstić information content (AvgIpc) is 2.35. The summed E-state index contributed by atoms with van der Waals surface area (Å²) in [6.07, 6.45) is 7.28. The topological polar surface area (TPSA) is 58.0 Å². The van der Waals surface area contributed by atoms with E-state index in [9.17, 15) is 5.11 Å². The molecule has 1 aromatic heterocycles. The fourth-order valence-electron chi connectivity index (χ4n) is 2.29. The van der Waals surface area contributed by atoms with Gasteiger partial charge in [-0.15, -0.1) is 0 Å². The van der Waals surface area contributed by atoms with Gasteiger partial charge in [-0.3, -0.25) is 0 Å². The molecule has 0 radical (unpaired) electrons. The molecule has 1 aliphatic carbocycles. The third-order valence-corrected chi connectivity index (χ3v) is 3.85. The molecule has 0 aromatic carbocycles. The summed E-state index contributed by atoms with van der Waals surface area (Å²) in [5, 5.41) is 13.3. The minimum atomic E-state index is -0.286. The summed E-state index contributed by atoms with van der Waals surface area (Å²) < 4.78 is 0. The number of nitrogens with zero attached hydrogens (tertiary/aromatic N) is 2. The molecule has 5 heteroatoms. The van der Waals surface area contributed by atoms with E-state index in [1.807, 2.05) is 0 Å². The average molecular weight is 256 g/mol. The van der Waals surface area contributed by atoms with Crippen LogP contribution in [0.5, 0.6) is 0 Å².